The van der Waals surface area contributed by atoms with Crippen LogP contribution in [-0.4, -0.2) is 31.7 Å². The molecule has 0 unspecified atom stereocenters. The van der Waals surface area contributed by atoms with Crippen LogP contribution >= 0.6 is 11.6 Å². The molecule has 0 fully saturated rings. The molecule has 0 saturated heterocycles. The molecule has 2 amide bonds. The lowest BCUT2D eigenvalue weighted by molar-refractivity contribution is -0.113. The number of hydrogen-bond acceptors (Lipinski definition) is 6. The molecule has 0 atom stereocenters. The van der Waals surface area contributed by atoms with Crippen molar-refractivity contribution < 1.29 is 28.6 Å². The van der Waals surface area contributed by atoms with Crippen LogP contribution in [0.5, 0.6) is 11.5 Å². The van der Waals surface area contributed by atoms with Gasteiger partial charge in [-0.25, -0.2) is 4.79 Å². The molecule has 0 aromatic heterocycles. The molecule has 34 heavy (non-hydrogen) atoms. The van der Waals surface area contributed by atoms with E-state index in [9.17, 15) is 14.4 Å². The summed E-state index contributed by atoms with van der Waals surface area (Å²) in [6, 6.07) is 17.9. The molecule has 1 heterocycles. The number of amides is 2. The highest BCUT2D eigenvalue weighted by molar-refractivity contribution is 6.34. The topological polar surface area (TPSA) is 103 Å². The van der Waals surface area contributed by atoms with Crippen LogP contribution in [0.25, 0.3) is 6.08 Å². The summed E-state index contributed by atoms with van der Waals surface area (Å²) in [5.41, 5.74) is 1.36. The molecular formula is C25H19ClN2O6. The van der Waals surface area contributed by atoms with E-state index in [0.29, 0.717) is 22.7 Å². The number of anilines is 1. The predicted octanol–water partition coefficient (Wildman–Crippen LogP) is 4.26. The maximum Gasteiger partial charge on any atom is 0.337 e. The van der Waals surface area contributed by atoms with Gasteiger partial charge in [-0.05, 0) is 54.1 Å². The third-order valence-electron chi connectivity index (χ3n) is 4.86. The van der Waals surface area contributed by atoms with Crippen LogP contribution in [0, 0.1) is 0 Å². The molecule has 4 rings (SSSR count). The molecule has 0 bridgehead atoms. The molecule has 9 heteroatoms. The Hall–Kier alpha value is -4.30. The Labute approximate surface area is 200 Å². The summed E-state index contributed by atoms with van der Waals surface area (Å²) in [5, 5.41) is 5.55. The Morgan fingerprint density at radius 3 is 2.56 bits per heavy atom. The number of carbonyl (C=O) groups is 3. The number of rotatable bonds is 6. The third-order valence-corrected chi connectivity index (χ3v) is 5.19. The number of benzene rings is 3. The first-order valence-corrected chi connectivity index (χ1v) is 10.5. The predicted molar refractivity (Wildman–Crippen MR) is 126 cm³/mol. The van der Waals surface area contributed by atoms with Crippen LogP contribution in [-0.2, 0) is 9.53 Å². The smallest absolute Gasteiger partial charge is 0.337 e. The highest BCUT2D eigenvalue weighted by atomic mass is 35.5. The molecule has 1 aliphatic rings. The lowest BCUT2D eigenvalue weighted by Crippen LogP contribution is -2.31. The highest BCUT2D eigenvalue weighted by Gasteiger charge is 2.19. The van der Waals surface area contributed by atoms with Gasteiger partial charge in [-0.2, -0.15) is 0 Å². The van der Waals surface area contributed by atoms with Gasteiger partial charge in [0, 0.05) is 5.69 Å². The number of methoxy groups -OCH3 is 1. The van der Waals surface area contributed by atoms with Crippen molar-refractivity contribution in [3.05, 3.63) is 94.1 Å². The van der Waals surface area contributed by atoms with Crippen LogP contribution < -0.4 is 20.1 Å². The minimum absolute atomic E-state index is 0.0488. The molecule has 0 spiro atoms. The zero-order valence-electron chi connectivity index (χ0n) is 18.0. The first-order valence-electron chi connectivity index (χ1n) is 10.1. The Kier molecular flexibility index (Phi) is 6.79. The molecular weight excluding hydrogens is 460 g/mol. The summed E-state index contributed by atoms with van der Waals surface area (Å²) in [6.07, 6.45) is 1.50. The Balaban J connectivity index is 1.64. The second kappa shape index (κ2) is 10.1. The SMILES string of the molecule is COC(=O)c1cccc(NC(=O)/C(=C\c2ccc3c(c2)OCO3)NC(=O)c2ccccc2Cl)c1. The van der Waals surface area contributed by atoms with Gasteiger partial charge >= 0.3 is 5.97 Å². The van der Waals surface area contributed by atoms with Crippen molar-refractivity contribution in [3.8, 4) is 11.5 Å². The van der Waals surface area contributed by atoms with Gasteiger partial charge < -0.3 is 24.8 Å². The van der Waals surface area contributed by atoms with Gasteiger partial charge in [0.1, 0.15) is 5.70 Å². The maximum absolute atomic E-state index is 13.2. The van der Waals surface area contributed by atoms with E-state index in [-0.39, 0.29) is 28.6 Å². The number of ether oxygens (including phenoxy) is 3. The second-order valence-corrected chi connectivity index (χ2v) is 7.54. The molecule has 0 aliphatic carbocycles. The normalized spacial score (nSPS) is 12.1. The van der Waals surface area contributed by atoms with Crippen molar-refractivity contribution in [3.63, 3.8) is 0 Å². The monoisotopic (exact) mass is 478 g/mol. The maximum atomic E-state index is 13.2. The number of esters is 1. The van der Waals surface area contributed by atoms with Crippen LogP contribution in [0.4, 0.5) is 5.69 Å². The van der Waals surface area contributed by atoms with Gasteiger partial charge in [-0.1, -0.05) is 35.9 Å². The Morgan fingerprint density at radius 1 is 0.971 bits per heavy atom. The largest absolute Gasteiger partial charge is 0.465 e. The fraction of sp³-hybridized carbons (Fsp3) is 0.0800. The molecule has 3 aromatic carbocycles. The number of nitrogens with one attached hydrogen (secondary N) is 2. The zero-order valence-corrected chi connectivity index (χ0v) is 18.7. The minimum atomic E-state index is -0.611. The number of carbonyl (C=O) groups excluding carboxylic acids is 3. The first-order chi connectivity index (χ1) is 16.4. The average Bonchev–Trinajstić information content (AvgIpc) is 3.31. The van der Waals surface area contributed by atoms with E-state index in [1.54, 1.807) is 60.7 Å². The van der Waals surface area contributed by atoms with Gasteiger partial charge in [0.2, 0.25) is 6.79 Å². The van der Waals surface area contributed by atoms with E-state index in [2.05, 4.69) is 10.6 Å². The number of hydrogen-bond donors (Lipinski definition) is 2. The molecule has 1 aliphatic heterocycles. The van der Waals surface area contributed by atoms with Crippen LogP contribution in [0.15, 0.2) is 72.4 Å². The minimum Gasteiger partial charge on any atom is -0.465 e. The van der Waals surface area contributed by atoms with E-state index in [1.165, 1.54) is 19.3 Å². The lowest BCUT2D eigenvalue weighted by Gasteiger charge is -2.12. The molecule has 8 nitrogen and oxygen atoms in total. The zero-order chi connectivity index (χ0) is 24.1. The van der Waals surface area contributed by atoms with Crippen molar-refractivity contribution in [2.75, 3.05) is 19.2 Å². The van der Waals surface area contributed by atoms with Crippen molar-refractivity contribution in [2.24, 2.45) is 0 Å². The van der Waals surface area contributed by atoms with E-state index < -0.39 is 17.8 Å². The molecule has 2 N–H and O–H groups in total. The van der Waals surface area contributed by atoms with Gasteiger partial charge in [0.15, 0.2) is 11.5 Å². The highest BCUT2D eigenvalue weighted by Crippen LogP contribution is 2.33. The quantitative estimate of drug-likeness (QED) is 0.405. The van der Waals surface area contributed by atoms with Gasteiger partial charge in [-0.3, -0.25) is 9.59 Å². The van der Waals surface area contributed by atoms with Crippen molar-refractivity contribution in [2.45, 2.75) is 0 Å². The lowest BCUT2D eigenvalue weighted by atomic mass is 10.1. The number of fused-ring (bicyclic) bond motifs is 1. The summed E-state index contributed by atoms with van der Waals surface area (Å²) in [4.78, 5) is 37.8. The number of halogens is 1. The summed E-state index contributed by atoms with van der Waals surface area (Å²) in [6.45, 7) is 0.107. The fourth-order valence-corrected chi connectivity index (χ4v) is 3.42. The molecule has 172 valence electrons. The van der Waals surface area contributed by atoms with E-state index >= 15 is 0 Å². The average molecular weight is 479 g/mol. The van der Waals surface area contributed by atoms with Gasteiger partial charge in [0.05, 0.1) is 23.3 Å². The Morgan fingerprint density at radius 2 is 1.76 bits per heavy atom. The molecule has 0 radical (unpaired) electrons. The molecule has 3 aromatic rings. The van der Waals surface area contributed by atoms with E-state index in [0.717, 1.165) is 0 Å². The third kappa shape index (κ3) is 5.19. The van der Waals surface area contributed by atoms with Crippen LogP contribution in [0.1, 0.15) is 26.3 Å². The fourth-order valence-electron chi connectivity index (χ4n) is 3.20. The van der Waals surface area contributed by atoms with E-state index in [1.807, 2.05) is 0 Å². The van der Waals surface area contributed by atoms with Gasteiger partial charge in [-0.15, -0.1) is 0 Å². The summed E-state index contributed by atoms with van der Waals surface area (Å²) in [5.74, 6) is -0.602. The first kappa shape index (κ1) is 22.9. The summed E-state index contributed by atoms with van der Waals surface area (Å²) in [7, 11) is 1.27. The molecule has 0 saturated carbocycles. The second-order valence-electron chi connectivity index (χ2n) is 7.13. The Bertz CT molecular complexity index is 1300. The standard InChI is InChI=1S/C25H19ClN2O6/c1-32-25(31)16-5-4-6-17(13-16)27-24(30)20(28-23(29)18-7-2-3-8-19(18)26)11-15-9-10-21-22(12-15)34-14-33-21/h2-13H,14H2,1H3,(H,27,30)(H,28,29)/b20-11+. The van der Waals surface area contributed by atoms with Crippen LogP contribution in [0.2, 0.25) is 5.02 Å². The van der Waals surface area contributed by atoms with Crippen molar-refractivity contribution in [1.82, 2.24) is 5.32 Å². The van der Waals surface area contributed by atoms with Crippen LogP contribution in [0.3, 0.4) is 0 Å². The van der Waals surface area contributed by atoms with E-state index in [4.69, 9.17) is 25.8 Å². The van der Waals surface area contributed by atoms with Gasteiger partial charge in [0.25, 0.3) is 11.8 Å². The van der Waals surface area contributed by atoms with Crippen molar-refractivity contribution >= 4 is 41.1 Å². The summed E-state index contributed by atoms with van der Waals surface area (Å²) >= 11 is 6.14. The summed E-state index contributed by atoms with van der Waals surface area (Å²) < 4.78 is 15.4. The van der Waals surface area contributed by atoms with Crippen molar-refractivity contribution in [1.29, 1.82) is 0 Å².